The van der Waals surface area contributed by atoms with Gasteiger partial charge in [0.1, 0.15) is 0 Å². The number of ether oxygens (including phenoxy) is 1. The number of rotatable bonds is 3. The molecule has 0 aromatic heterocycles. The summed E-state index contributed by atoms with van der Waals surface area (Å²) in [7, 11) is 0. The smallest absolute Gasteiger partial charge is 0.0586 e. The van der Waals surface area contributed by atoms with E-state index in [0.29, 0.717) is 6.04 Å². The lowest BCUT2D eigenvalue weighted by atomic mass is 9.73. The van der Waals surface area contributed by atoms with E-state index in [1.807, 2.05) is 0 Å². The molecule has 3 rings (SSSR count). The van der Waals surface area contributed by atoms with Gasteiger partial charge in [0.2, 0.25) is 0 Å². The van der Waals surface area contributed by atoms with Crippen LogP contribution in [0.4, 0.5) is 0 Å². The van der Waals surface area contributed by atoms with E-state index < -0.39 is 0 Å². The largest absolute Gasteiger partial charge is 0.379 e. The van der Waals surface area contributed by atoms with Crippen LogP contribution in [0.2, 0.25) is 0 Å². The van der Waals surface area contributed by atoms with Crippen LogP contribution in [0.25, 0.3) is 0 Å². The third kappa shape index (κ3) is 2.12. The van der Waals surface area contributed by atoms with Crippen LogP contribution in [0.3, 0.4) is 0 Å². The third-order valence-electron chi connectivity index (χ3n) is 4.22. The van der Waals surface area contributed by atoms with Crippen molar-refractivity contribution >= 4 is 0 Å². The predicted octanol–water partition coefficient (Wildman–Crippen LogP) is 2.41. The van der Waals surface area contributed by atoms with Crippen LogP contribution in [0.5, 0.6) is 0 Å². The van der Waals surface area contributed by atoms with Crippen LogP contribution >= 0.6 is 0 Å². The van der Waals surface area contributed by atoms with Gasteiger partial charge in [-0.2, -0.15) is 0 Å². The molecule has 2 fully saturated rings. The van der Waals surface area contributed by atoms with Crippen LogP contribution in [0.15, 0.2) is 24.3 Å². The molecule has 0 radical (unpaired) electrons. The average Bonchev–Trinajstić information content (AvgIpc) is 2.77. The van der Waals surface area contributed by atoms with Gasteiger partial charge >= 0.3 is 0 Å². The molecule has 92 valence electrons. The summed E-state index contributed by atoms with van der Waals surface area (Å²) in [5, 5.41) is 3.61. The van der Waals surface area contributed by atoms with Gasteiger partial charge in [0.15, 0.2) is 0 Å². The lowest BCUT2D eigenvalue weighted by Crippen LogP contribution is -2.50. The Morgan fingerprint density at radius 1 is 1.29 bits per heavy atom. The Labute approximate surface area is 103 Å². The highest BCUT2D eigenvalue weighted by atomic mass is 16.5. The number of hydrogen-bond acceptors (Lipinski definition) is 2. The first kappa shape index (κ1) is 11.2. The van der Waals surface area contributed by atoms with Gasteiger partial charge in [-0.3, -0.25) is 0 Å². The first-order chi connectivity index (χ1) is 8.28. The first-order valence-corrected chi connectivity index (χ1v) is 6.67. The van der Waals surface area contributed by atoms with Crippen LogP contribution in [-0.2, 0) is 10.2 Å². The molecule has 2 saturated heterocycles. The normalized spacial score (nSPS) is 26.8. The van der Waals surface area contributed by atoms with Gasteiger partial charge in [0, 0.05) is 11.5 Å². The van der Waals surface area contributed by atoms with Gasteiger partial charge in [-0.05, 0) is 38.3 Å². The molecule has 2 heterocycles. The zero-order valence-corrected chi connectivity index (χ0v) is 10.5. The molecular formula is C15H21NO. The Hall–Kier alpha value is -0.860. The van der Waals surface area contributed by atoms with Crippen molar-refractivity contribution in [3.8, 4) is 0 Å². The summed E-state index contributed by atoms with van der Waals surface area (Å²) >= 11 is 0. The number of benzene rings is 1. The van der Waals surface area contributed by atoms with E-state index in [9.17, 15) is 0 Å². The van der Waals surface area contributed by atoms with Crippen molar-refractivity contribution in [1.29, 1.82) is 0 Å². The fourth-order valence-electron chi connectivity index (χ4n) is 3.06. The van der Waals surface area contributed by atoms with Gasteiger partial charge in [-0.25, -0.2) is 0 Å². The molecule has 17 heavy (non-hydrogen) atoms. The van der Waals surface area contributed by atoms with Crippen molar-refractivity contribution in [2.45, 2.75) is 37.6 Å². The summed E-state index contributed by atoms with van der Waals surface area (Å²) in [6.45, 7) is 5.13. The third-order valence-corrected chi connectivity index (χ3v) is 4.22. The highest BCUT2D eigenvalue weighted by Gasteiger charge is 2.42. The van der Waals surface area contributed by atoms with E-state index in [0.717, 1.165) is 13.2 Å². The van der Waals surface area contributed by atoms with E-state index in [2.05, 4.69) is 36.5 Å². The van der Waals surface area contributed by atoms with Crippen molar-refractivity contribution in [2.75, 3.05) is 19.8 Å². The SMILES string of the molecule is Cc1ccc(C2(CC3CCCN3)COC2)cc1. The molecule has 1 aromatic rings. The van der Waals surface area contributed by atoms with E-state index >= 15 is 0 Å². The Morgan fingerprint density at radius 2 is 2.06 bits per heavy atom. The molecule has 0 aliphatic carbocycles. The molecule has 2 nitrogen and oxygen atoms in total. The maximum Gasteiger partial charge on any atom is 0.0586 e. The molecule has 0 spiro atoms. The van der Waals surface area contributed by atoms with E-state index in [1.54, 1.807) is 0 Å². The van der Waals surface area contributed by atoms with E-state index in [1.165, 1.54) is 36.9 Å². The molecule has 1 atom stereocenters. The summed E-state index contributed by atoms with van der Waals surface area (Å²) < 4.78 is 5.51. The minimum Gasteiger partial charge on any atom is -0.379 e. The summed E-state index contributed by atoms with van der Waals surface area (Å²) in [5.74, 6) is 0. The average molecular weight is 231 g/mol. The zero-order chi connectivity index (χ0) is 11.7. The van der Waals surface area contributed by atoms with Gasteiger partial charge < -0.3 is 10.1 Å². The fraction of sp³-hybridized carbons (Fsp3) is 0.600. The molecule has 1 aromatic carbocycles. The quantitative estimate of drug-likeness (QED) is 0.862. The Kier molecular flexibility index (Phi) is 2.93. The molecule has 2 aliphatic rings. The molecule has 0 bridgehead atoms. The highest BCUT2D eigenvalue weighted by Crippen LogP contribution is 2.38. The lowest BCUT2D eigenvalue weighted by molar-refractivity contribution is -0.0679. The van der Waals surface area contributed by atoms with E-state index in [4.69, 9.17) is 4.74 Å². The maximum absolute atomic E-state index is 5.51. The minimum atomic E-state index is 0.287. The second-order valence-electron chi connectivity index (χ2n) is 5.64. The molecular weight excluding hydrogens is 210 g/mol. The standard InChI is InChI=1S/C15H21NO/c1-12-4-6-13(7-5-12)15(10-17-11-15)9-14-3-2-8-16-14/h4-7,14,16H,2-3,8-11H2,1H3. The van der Waals surface area contributed by atoms with Gasteiger partial charge in [0.05, 0.1) is 13.2 Å². The van der Waals surface area contributed by atoms with Crippen molar-refractivity contribution in [3.63, 3.8) is 0 Å². The highest BCUT2D eigenvalue weighted by molar-refractivity contribution is 5.31. The van der Waals surface area contributed by atoms with E-state index in [-0.39, 0.29) is 5.41 Å². The second-order valence-corrected chi connectivity index (χ2v) is 5.64. The van der Waals surface area contributed by atoms with Gasteiger partial charge in [-0.1, -0.05) is 29.8 Å². The van der Waals surface area contributed by atoms with Crippen molar-refractivity contribution in [3.05, 3.63) is 35.4 Å². The number of aryl methyl sites for hydroxylation is 1. The van der Waals surface area contributed by atoms with Crippen molar-refractivity contribution in [1.82, 2.24) is 5.32 Å². The summed E-state index contributed by atoms with van der Waals surface area (Å²) in [6, 6.07) is 9.70. The number of hydrogen-bond donors (Lipinski definition) is 1. The van der Waals surface area contributed by atoms with Crippen molar-refractivity contribution < 1.29 is 4.74 Å². The second kappa shape index (κ2) is 4.43. The van der Waals surface area contributed by atoms with Crippen LogP contribution in [-0.4, -0.2) is 25.8 Å². The Bertz CT molecular complexity index is 374. The Balaban J connectivity index is 1.78. The predicted molar refractivity (Wildman–Crippen MR) is 69.3 cm³/mol. The zero-order valence-electron chi connectivity index (χ0n) is 10.5. The Morgan fingerprint density at radius 3 is 2.59 bits per heavy atom. The molecule has 0 amide bonds. The lowest BCUT2D eigenvalue weighted by Gasteiger charge is -2.43. The molecule has 2 heteroatoms. The monoisotopic (exact) mass is 231 g/mol. The maximum atomic E-state index is 5.51. The molecule has 0 saturated carbocycles. The molecule has 2 aliphatic heterocycles. The molecule has 1 N–H and O–H groups in total. The van der Waals surface area contributed by atoms with Crippen LogP contribution in [0.1, 0.15) is 30.4 Å². The summed E-state index contributed by atoms with van der Waals surface area (Å²) in [4.78, 5) is 0. The van der Waals surface area contributed by atoms with Crippen molar-refractivity contribution in [2.24, 2.45) is 0 Å². The fourth-order valence-corrected chi connectivity index (χ4v) is 3.06. The number of nitrogens with one attached hydrogen (secondary N) is 1. The van der Waals surface area contributed by atoms with Gasteiger partial charge in [0.25, 0.3) is 0 Å². The topological polar surface area (TPSA) is 21.3 Å². The van der Waals surface area contributed by atoms with Crippen LogP contribution < -0.4 is 5.32 Å². The minimum absolute atomic E-state index is 0.287. The van der Waals surface area contributed by atoms with Crippen LogP contribution in [0, 0.1) is 6.92 Å². The van der Waals surface area contributed by atoms with Gasteiger partial charge in [-0.15, -0.1) is 0 Å². The summed E-state index contributed by atoms with van der Waals surface area (Å²) in [5.41, 5.74) is 3.08. The molecule has 1 unspecified atom stereocenters. The summed E-state index contributed by atoms with van der Waals surface area (Å²) in [6.07, 6.45) is 3.89. The first-order valence-electron chi connectivity index (χ1n) is 6.67.